The molecule has 2 atom stereocenters. The van der Waals surface area contributed by atoms with Crippen LogP contribution in [0.1, 0.15) is 38.8 Å². The highest BCUT2D eigenvalue weighted by Gasteiger charge is 2.32. The van der Waals surface area contributed by atoms with Crippen LogP contribution in [-0.4, -0.2) is 40.3 Å². The molecule has 7 nitrogen and oxygen atoms in total. The normalized spacial score (nSPS) is 13.2. The van der Waals surface area contributed by atoms with Gasteiger partial charge in [-0.05, 0) is 50.6 Å². The molecule has 0 aliphatic heterocycles. The van der Waals surface area contributed by atoms with Crippen molar-refractivity contribution in [2.45, 2.75) is 39.3 Å². The number of para-hydroxylation sites is 1. The summed E-state index contributed by atoms with van der Waals surface area (Å²) in [5, 5.41) is 2.93. The summed E-state index contributed by atoms with van der Waals surface area (Å²) in [7, 11) is -2.14. The van der Waals surface area contributed by atoms with Gasteiger partial charge in [-0.15, -0.1) is 0 Å². The molecule has 0 saturated carbocycles. The van der Waals surface area contributed by atoms with Crippen molar-refractivity contribution in [3.05, 3.63) is 54.1 Å². The van der Waals surface area contributed by atoms with Gasteiger partial charge >= 0.3 is 0 Å². The van der Waals surface area contributed by atoms with Gasteiger partial charge in [0.2, 0.25) is 15.9 Å². The number of ether oxygens (including phenoxy) is 2. The zero-order chi connectivity index (χ0) is 22.3. The van der Waals surface area contributed by atoms with Crippen LogP contribution in [0.5, 0.6) is 11.5 Å². The lowest BCUT2D eigenvalue weighted by atomic mass is 10.1. The molecule has 0 bridgehead atoms. The number of hydrogen-bond acceptors (Lipinski definition) is 5. The standard InChI is InChI=1S/C22H30N2O5S/c1-6-20(22(25)23-16(3)19-10-8-9-11-21(19)28-4)24(30(5,26)27)17-12-14-18(15-13-17)29-7-2/h8-16,20H,6-7H2,1-5H3,(H,23,25)/t16-,20-/m1/s1. The van der Waals surface area contributed by atoms with Crippen molar-refractivity contribution in [2.24, 2.45) is 0 Å². The van der Waals surface area contributed by atoms with Crippen LogP contribution >= 0.6 is 0 Å². The molecule has 2 aromatic rings. The number of nitrogens with one attached hydrogen (secondary N) is 1. The van der Waals surface area contributed by atoms with Crippen molar-refractivity contribution in [3.63, 3.8) is 0 Å². The third-order valence-corrected chi connectivity index (χ3v) is 5.88. The predicted octanol–water partition coefficient (Wildman–Crippen LogP) is 3.52. The Labute approximate surface area is 179 Å². The van der Waals surface area contributed by atoms with Gasteiger partial charge in [-0.3, -0.25) is 9.10 Å². The molecule has 0 saturated heterocycles. The first kappa shape index (κ1) is 23.5. The van der Waals surface area contributed by atoms with Crippen LogP contribution in [0.4, 0.5) is 5.69 Å². The third-order valence-electron chi connectivity index (χ3n) is 4.70. The molecule has 30 heavy (non-hydrogen) atoms. The Hall–Kier alpha value is -2.74. The van der Waals surface area contributed by atoms with Crippen LogP contribution in [0.2, 0.25) is 0 Å². The van der Waals surface area contributed by atoms with Crippen LogP contribution < -0.4 is 19.1 Å². The minimum absolute atomic E-state index is 0.310. The number of anilines is 1. The summed E-state index contributed by atoms with van der Waals surface area (Å²) in [5.41, 5.74) is 1.23. The summed E-state index contributed by atoms with van der Waals surface area (Å²) in [6, 6.07) is 12.8. The molecule has 0 spiro atoms. The summed E-state index contributed by atoms with van der Waals surface area (Å²) in [4.78, 5) is 13.1. The number of carbonyl (C=O) groups is 1. The summed E-state index contributed by atoms with van der Waals surface area (Å²) in [6.45, 7) is 6.00. The van der Waals surface area contributed by atoms with Crippen molar-refractivity contribution in [3.8, 4) is 11.5 Å². The fourth-order valence-corrected chi connectivity index (χ4v) is 4.54. The first-order chi connectivity index (χ1) is 14.2. The highest BCUT2D eigenvalue weighted by Crippen LogP contribution is 2.27. The molecule has 0 aliphatic rings. The van der Waals surface area contributed by atoms with Crippen LogP contribution in [0, 0.1) is 0 Å². The fourth-order valence-electron chi connectivity index (χ4n) is 3.33. The van der Waals surface area contributed by atoms with Gasteiger partial charge in [0.05, 0.1) is 31.7 Å². The molecule has 1 amide bonds. The zero-order valence-corrected chi connectivity index (χ0v) is 18.9. The Bertz CT molecular complexity index is 944. The second-order valence-electron chi connectivity index (χ2n) is 6.88. The molecule has 1 N–H and O–H groups in total. The lowest BCUT2D eigenvalue weighted by molar-refractivity contribution is -0.122. The molecule has 0 radical (unpaired) electrons. The average molecular weight is 435 g/mol. The van der Waals surface area contributed by atoms with E-state index in [2.05, 4.69) is 5.32 Å². The molecule has 0 unspecified atom stereocenters. The van der Waals surface area contributed by atoms with Crippen LogP contribution in [-0.2, 0) is 14.8 Å². The zero-order valence-electron chi connectivity index (χ0n) is 18.1. The van der Waals surface area contributed by atoms with E-state index in [0.717, 1.165) is 16.1 Å². The van der Waals surface area contributed by atoms with Crippen LogP contribution in [0.3, 0.4) is 0 Å². The summed E-state index contributed by atoms with van der Waals surface area (Å²) in [6.07, 6.45) is 1.41. The molecule has 0 aromatic heterocycles. The number of rotatable bonds is 10. The average Bonchev–Trinajstić information content (AvgIpc) is 2.71. The Morgan fingerprint density at radius 1 is 1.10 bits per heavy atom. The molecule has 0 heterocycles. The minimum atomic E-state index is -3.71. The van der Waals surface area contributed by atoms with Gasteiger partial charge in [0.1, 0.15) is 17.5 Å². The van der Waals surface area contributed by atoms with E-state index >= 15 is 0 Å². The van der Waals surface area contributed by atoms with Crippen molar-refractivity contribution < 1.29 is 22.7 Å². The van der Waals surface area contributed by atoms with Gasteiger partial charge in [0.15, 0.2) is 0 Å². The predicted molar refractivity (Wildman–Crippen MR) is 119 cm³/mol. The van der Waals surface area contributed by atoms with Crippen molar-refractivity contribution in [1.29, 1.82) is 0 Å². The Morgan fingerprint density at radius 3 is 2.27 bits per heavy atom. The lowest BCUT2D eigenvalue weighted by Gasteiger charge is -2.31. The van der Waals surface area contributed by atoms with Gasteiger partial charge in [-0.25, -0.2) is 8.42 Å². The SMILES string of the molecule is CCOc1ccc(N([C@H](CC)C(=O)N[C@H](C)c2ccccc2OC)S(C)(=O)=O)cc1. The maximum atomic E-state index is 13.1. The largest absolute Gasteiger partial charge is 0.496 e. The number of carbonyl (C=O) groups excluding carboxylic acids is 1. The monoisotopic (exact) mass is 434 g/mol. The summed E-state index contributed by atoms with van der Waals surface area (Å²) in [5.74, 6) is 0.914. The maximum absolute atomic E-state index is 13.1. The van der Waals surface area contributed by atoms with Gasteiger partial charge in [0, 0.05) is 5.56 Å². The first-order valence-corrected chi connectivity index (χ1v) is 11.7. The smallest absolute Gasteiger partial charge is 0.244 e. The van der Waals surface area contributed by atoms with E-state index in [1.807, 2.05) is 38.1 Å². The van der Waals surface area contributed by atoms with E-state index in [1.165, 1.54) is 0 Å². The van der Waals surface area contributed by atoms with Gasteiger partial charge in [-0.1, -0.05) is 25.1 Å². The first-order valence-electron chi connectivity index (χ1n) is 9.88. The van der Waals surface area contributed by atoms with E-state index in [0.29, 0.717) is 30.2 Å². The van der Waals surface area contributed by atoms with Crippen LogP contribution in [0.25, 0.3) is 0 Å². The minimum Gasteiger partial charge on any atom is -0.496 e. The number of nitrogens with zero attached hydrogens (tertiary/aromatic N) is 1. The van der Waals surface area contributed by atoms with E-state index in [4.69, 9.17) is 9.47 Å². The number of amides is 1. The van der Waals surface area contributed by atoms with Crippen molar-refractivity contribution in [2.75, 3.05) is 24.3 Å². The van der Waals surface area contributed by atoms with Crippen molar-refractivity contribution in [1.82, 2.24) is 5.32 Å². The molecular formula is C22H30N2O5S. The number of sulfonamides is 1. The number of methoxy groups -OCH3 is 1. The Balaban J connectivity index is 2.31. The molecule has 164 valence electrons. The second kappa shape index (κ2) is 10.3. The number of hydrogen-bond donors (Lipinski definition) is 1. The highest BCUT2D eigenvalue weighted by molar-refractivity contribution is 7.92. The summed E-state index contributed by atoms with van der Waals surface area (Å²) >= 11 is 0. The van der Waals surface area contributed by atoms with E-state index < -0.39 is 16.1 Å². The molecule has 2 aromatic carbocycles. The molecule has 0 fully saturated rings. The third kappa shape index (κ3) is 5.66. The Kier molecular flexibility index (Phi) is 8.11. The topological polar surface area (TPSA) is 84.9 Å². The van der Waals surface area contributed by atoms with Crippen LogP contribution in [0.15, 0.2) is 48.5 Å². The van der Waals surface area contributed by atoms with Crippen molar-refractivity contribution >= 4 is 21.6 Å². The lowest BCUT2D eigenvalue weighted by Crippen LogP contribution is -2.49. The quantitative estimate of drug-likeness (QED) is 0.618. The van der Waals surface area contributed by atoms with E-state index in [-0.39, 0.29) is 11.9 Å². The van der Waals surface area contributed by atoms with E-state index in [9.17, 15) is 13.2 Å². The molecular weight excluding hydrogens is 404 g/mol. The second-order valence-corrected chi connectivity index (χ2v) is 8.74. The molecule has 0 aliphatic carbocycles. The highest BCUT2D eigenvalue weighted by atomic mass is 32.2. The maximum Gasteiger partial charge on any atom is 0.244 e. The van der Waals surface area contributed by atoms with E-state index in [1.54, 1.807) is 38.3 Å². The van der Waals surface area contributed by atoms with Gasteiger partial charge < -0.3 is 14.8 Å². The van der Waals surface area contributed by atoms with Gasteiger partial charge in [0.25, 0.3) is 0 Å². The van der Waals surface area contributed by atoms with Gasteiger partial charge in [-0.2, -0.15) is 0 Å². The number of benzene rings is 2. The Morgan fingerprint density at radius 2 is 1.73 bits per heavy atom. The molecule has 8 heteroatoms. The summed E-state index contributed by atoms with van der Waals surface area (Å²) < 4.78 is 37.1. The fraction of sp³-hybridized carbons (Fsp3) is 0.409. The molecule has 2 rings (SSSR count).